The summed E-state index contributed by atoms with van der Waals surface area (Å²) in [6, 6.07) is 18.3. The lowest BCUT2D eigenvalue weighted by Gasteiger charge is -2.23. The summed E-state index contributed by atoms with van der Waals surface area (Å²) in [5.74, 6) is 0.137. The van der Waals surface area contributed by atoms with Gasteiger partial charge >= 0.3 is 0 Å². The molecule has 3 aromatic rings. The van der Waals surface area contributed by atoms with Crippen molar-refractivity contribution < 1.29 is 17.5 Å². The highest BCUT2D eigenvalue weighted by molar-refractivity contribution is 7.89. The second-order valence-corrected chi connectivity index (χ2v) is 8.98. The monoisotopic (exact) mass is 444 g/mol. The first kappa shape index (κ1) is 20.4. The molecule has 0 aromatic heterocycles. The molecule has 30 heavy (non-hydrogen) atoms. The maximum Gasteiger partial charge on any atom is 0.279 e. The van der Waals surface area contributed by atoms with Crippen LogP contribution in [0.5, 0.6) is 5.75 Å². The fourth-order valence-electron chi connectivity index (χ4n) is 3.38. The molecule has 0 bridgehead atoms. The van der Waals surface area contributed by atoms with Crippen LogP contribution in [0.2, 0.25) is 5.02 Å². The summed E-state index contributed by atoms with van der Waals surface area (Å²) >= 11 is 5.90. The lowest BCUT2D eigenvalue weighted by Crippen LogP contribution is -2.27. The van der Waals surface area contributed by atoms with Crippen LogP contribution in [0, 0.1) is 5.82 Å². The fraction of sp³-hybridized carbons (Fsp3) is 0.136. The number of sulfonamides is 1. The quantitative estimate of drug-likeness (QED) is 0.554. The Morgan fingerprint density at radius 2 is 1.80 bits per heavy atom. The lowest BCUT2D eigenvalue weighted by molar-refractivity contribution is 0.362. The van der Waals surface area contributed by atoms with Gasteiger partial charge < -0.3 is 4.74 Å². The molecule has 1 unspecified atom stereocenters. The fourth-order valence-corrected chi connectivity index (χ4v) is 4.93. The van der Waals surface area contributed by atoms with Crippen molar-refractivity contribution in [2.24, 2.45) is 5.10 Å². The van der Waals surface area contributed by atoms with Gasteiger partial charge in [-0.3, -0.25) is 0 Å². The molecule has 0 radical (unpaired) electrons. The Balaban J connectivity index is 1.82. The molecule has 1 heterocycles. The van der Waals surface area contributed by atoms with Crippen molar-refractivity contribution in [1.82, 2.24) is 4.41 Å². The molecule has 4 rings (SSSR count). The maximum absolute atomic E-state index is 14.6. The molecule has 5 nitrogen and oxygen atoms in total. The van der Waals surface area contributed by atoms with Gasteiger partial charge in [0, 0.05) is 22.6 Å². The van der Waals surface area contributed by atoms with Gasteiger partial charge in [-0.2, -0.15) is 17.9 Å². The second kappa shape index (κ2) is 8.08. The molecule has 0 amide bonds. The first-order valence-corrected chi connectivity index (χ1v) is 11.0. The van der Waals surface area contributed by atoms with Crippen LogP contribution in [0.1, 0.15) is 23.6 Å². The Kier molecular flexibility index (Phi) is 5.49. The third-order valence-electron chi connectivity index (χ3n) is 4.90. The molecule has 154 valence electrons. The topological polar surface area (TPSA) is 59.0 Å². The molecular formula is C22H18ClFN2O3S. The van der Waals surface area contributed by atoms with Gasteiger partial charge in [0.05, 0.1) is 23.8 Å². The van der Waals surface area contributed by atoms with Gasteiger partial charge in [-0.1, -0.05) is 41.9 Å². The van der Waals surface area contributed by atoms with Crippen molar-refractivity contribution in [2.45, 2.75) is 17.4 Å². The maximum atomic E-state index is 14.6. The van der Waals surface area contributed by atoms with Crippen LogP contribution < -0.4 is 4.74 Å². The zero-order valence-electron chi connectivity index (χ0n) is 16.0. The van der Waals surface area contributed by atoms with Gasteiger partial charge in [-0.25, -0.2) is 4.39 Å². The summed E-state index contributed by atoms with van der Waals surface area (Å²) < 4.78 is 47.6. The first-order chi connectivity index (χ1) is 14.4. The molecule has 1 aliphatic heterocycles. The van der Waals surface area contributed by atoms with Crippen molar-refractivity contribution in [3.63, 3.8) is 0 Å². The SMILES string of the molecule is COc1cccc(C2=NN(S(=O)(=O)c3ccc(Cl)cc3)C(c3ccccc3F)C2)c1. The Bertz CT molecular complexity index is 1210. The van der Waals surface area contributed by atoms with Gasteiger partial charge in [0.1, 0.15) is 11.6 Å². The molecule has 0 N–H and O–H groups in total. The van der Waals surface area contributed by atoms with E-state index < -0.39 is 21.9 Å². The van der Waals surface area contributed by atoms with Crippen molar-refractivity contribution >= 4 is 27.3 Å². The van der Waals surface area contributed by atoms with Crippen molar-refractivity contribution in [3.05, 3.63) is 94.8 Å². The molecule has 0 saturated heterocycles. The number of rotatable bonds is 5. The van der Waals surface area contributed by atoms with Crippen LogP contribution in [0.3, 0.4) is 0 Å². The van der Waals surface area contributed by atoms with E-state index in [1.165, 1.54) is 30.3 Å². The van der Waals surface area contributed by atoms with Crippen molar-refractivity contribution in [3.8, 4) is 5.75 Å². The van der Waals surface area contributed by atoms with Crippen LogP contribution in [0.15, 0.2) is 82.8 Å². The number of ether oxygens (including phenoxy) is 1. The summed E-state index contributed by atoms with van der Waals surface area (Å²) in [5.41, 5.74) is 1.50. The number of hydrogen-bond acceptors (Lipinski definition) is 4. The Morgan fingerprint density at radius 3 is 2.50 bits per heavy atom. The molecule has 1 aliphatic rings. The van der Waals surface area contributed by atoms with E-state index in [1.807, 2.05) is 6.07 Å². The highest BCUT2D eigenvalue weighted by Gasteiger charge is 2.38. The predicted octanol–water partition coefficient (Wildman–Crippen LogP) is 5.03. The van der Waals surface area contributed by atoms with Crippen LogP contribution in [-0.4, -0.2) is 25.7 Å². The van der Waals surface area contributed by atoms with E-state index in [-0.39, 0.29) is 16.9 Å². The molecule has 0 fully saturated rings. The molecule has 0 spiro atoms. The van der Waals surface area contributed by atoms with Crippen LogP contribution in [0.4, 0.5) is 4.39 Å². The molecule has 0 aliphatic carbocycles. The predicted molar refractivity (Wildman–Crippen MR) is 114 cm³/mol. The largest absolute Gasteiger partial charge is 0.497 e. The van der Waals surface area contributed by atoms with Crippen molar-refractivity contribution in [2.75, 3.05) is 7.11 Å². The molecular weight excluding hydrogens is 427 g/mol. The number of halogens is 2. The minimum absolute atomic E-state index is 0.0314. The zero-order valence-corrected chi connectivity index (χ0v) is 17.6. The van der Waals surface area contributed by atoms with E-state index in [4.69, 9.17) is 16.3 Å². The Morgan fingerprint density at radius 1 is 1.07 bits per heavy atom. The van der Waals surface area contributed by atoms with E-state index >= 15 is 0 Å². The first-order valence-electron chi connectivity index (χ1n) is 9.16. The number of nitrogens with zero attached hydrogens (tertiary/aromatic N) is 2. The number of hydrogen-bond donors (Lipinski definition) is 0. The highest BCUT2D eigenvalue weighted by atomic mass is 35.5. The van der Waals surface area contributed by atoms with Gasteiger partial charge in [0.25, 0.3) is 10.0 Å². The number of benzene rings is 3. The second-order valence-electron chi connectivity index (χ2n) is 6.75. The van der Waals surface area contributed by atoms with E-state index in [9.17, 15) is 12.8 Å². The van der Waals surface area contributed by atoms with Gasteiger partial charge in [0.2, 0.25) is 0 Å². The molecule has 8 heteroatoms. The summed E-state index contributed by atoms with van der Waals surface area (Å²) in [6.45, 7) is 0. The molecule has 3 aromatic carbocycles. The number of methoxy groups -OCH3 is 1. The number of hydrazone groups is 1. The summed E-state index contributed by atoms with van der Waals surface area (Å²) in [5, 5.41) is 4.83. The van der Waals surface area contributed by atoms with E-state index in [0.717, 1.165) is 4.41 Å². The van der Waals surface area contributed by atoms with Gasteiger partial charge in [-0.05, 0) is 42.5 Å². The van der Waals surface area contributed by atoms with Crippen molar-refractivity contribution in [1.29, 1.82) is 0 Å². The average molecular weight is 445 g/mol. The van der Waals surface area contributed by atoms with E-state index in [0.29, 0.717) is 22.0 Å². The molecule has 1 atom stereocenters. The van der Waals surface area contributed by atoms with E-state index in [2.05, 4.69) is 5.10 Å². The summed E-state index contributed by atoms with van der Waals surface area (Å²) in [7, 11) is -2.49. The third-order valence-corrected chi connectivity index (χ3v) is 6.85. The van der Waals surface area contributed by atoms with Gasteiger partial charge in [-0.15, -0.1) is 0 Å². The summed E-state index contributed by atoms with van der Waals surface area (Å²) in [4.78, 5) is 0.0314. The van der Waals surface area contributed by atoms with Crippen LogP contribution in [0.25, 0.3) is 0 Å². The highest BCUT2D eigenvalue weighted by Crippen LogP contribution is 2.38. The average Bonchev–Trinajstić information content (AvgIpc) is 3.20. The minimum Gasteiger partial charge on any atom is -0.497 e. The third kappa shape index (κ3) is 3.78. The van der Waals surface area contributed by atoms with E-state index in [1.54, 1.807) is 43.5 Å². The normalized spacial score (nSPS) is 16.4. The van der Waals surface area contributed by atoms with Gasteiger partial charge in [0.15, 0.2) is 0 Å². The Hall–Kier alpha value is -2.90. The standard InChI is InChI=1S/C22H18ClFN2O3S/c1-29-17-6-4-5-15(13-17)21-14-22(19-7-2-3-8-20(19)24)26(25-21)30(27,28)18-11-9-16(23)10-12-18/h2-13,22H,14H2,1H3. The smallest absolute Gasteiger partial charge is 0.279 e. The summed E-state index contributed by atoms with van der Waals surface area (Å²) in [6.07, 6.45) is 0.223. The molecule has 0 saturated carbocycles. The van der Waals surface area contributed by atoms with Crippen LogP contribution >= 0.6 is 11.6 Å². The zero-order chi connectivity index (χ0) is 21.3. The lowest BCUT2D eigenvalue weighted by atomic mass is 9.98. The Labute approximate surface area is 179 Å². The minimum atomic E-state index is -4.04. The van der Waals surface area contributed by atoms with Crippen LogP contribution in [-0.2, 0) is 10.0 Å².